The average molecular weight is 460 g/mol. The van der Waals surface area contributed by atoms with E-state index in [1.165, 1.54) is 28.6 Å². The number of carbonyl (C=O) groups is 2. The number of carbonyl (C=O) groups excluding carboxylic acids is 2. The van der Waals surface area contributed by atoms with Crippen LogP contribution in [-0.2, 0) is 30.9 Å². The Labute approximate surface area is 189 Å². The zero-order valence-corrected chi connectivity index (χ0v) is 19.5. The molecule has 0 spiro atoms. The maximum absolute atomic E-state index is 12.9. The minimum atomic E-state index is -3.70. The zero-order chi connectivity index (χ0) is 23.3. The van der Waals surface area contributed by atoms with Gasteiger partial charge >= 0.3 is 11.9 Å². The van der Waals surface area contributed by atoms with Crippen LogP contribution in [0.4, 0.5) is 0 Å². The fourth-order valence-electron chi connectivity index (χ4n) is 3.68. The minimum absolute atomic E-state index is 0.112. The maximum Gasteiger partial charge on any atom is 0.338 e. The van der Waals surface area contributed by atoms with E-state index in [0.717, 1.165) is 16.7 Å². The first-order valence-corrected chi connectivity index (χ1v) is 12.2. The highest BCUT2D eigenvalue weighted by Crippen LogP contribution is 2.25. The van der Waals surface area contributed by atoms with Gasteiger partial charge in [0.15, 0.2) is 0 Å². The van der Waals surface area contributed by atoms with E-state index >= 15 is 0 Å². The number of sulfonamides is 1. The molecule has 0 unspecified atom stereocenters. The van der Waals surface area contributed by atoms with Crippen LogP contribution in [0.25, 0.3) is 0 Å². The molecule has 0 bridgehead atoms. The van der Waals surface area contributed by atoms with E-state index in [-0.39, 0.29) is 43.1 Å². The molecule has 1 fully saturated rings. The molecule has 2 aromatic rings. The lowest BCUT2D eigenvalue weighted by Crippen LogP contribution is -2.40. The third-order valence-electron chi connectivity index (χ3n) is 5.67. The van der Waals surface area contributed by atoms with Crippen LogP contribution < -0.4 is 0 Å². The highest BCUT2D eigenvalue weighted by molar-refractivity contribution is 7.89. The third-order valence-corrected chi connectivity index (χ3v) is 7.58. The van der Waals surface area contributed by atoms with Gasteiger partial charge in [-0.05, 0) is 69.0 Å². The molecule has 1 heterocycles. The molecule has 0 aromatic heterocycles. The first-order valence-electron chi connectivity index (χ1n) is 10.7. The molecule has 32 heavy (non-hydrogen) atoms. The second kappa shape index (κ2) is 10.3. The molecule has 0 atom stereocenters. The molecular formula is C24H29NO6S. The molecule has 8 heteroatoms. The third kappa shape index (κ3) is 5.55. The van der Waals surface area contributed by atoms with Gasteiger partial charge in [-0.3, -0.25) is 4.79 Å². The molecule has 1 aliphatic heterocycles. The van der Waals surface area contributed by atoms with E-state index in [4.69, 9.17) is 9.47 Å². The number of ether oxygens (including phenoxy) is 2. The molecule has 0 aliphatic carbocycles. The monoisotopic (exact) mass is 459 g/mol. The van der Waals surface area contributed by atoms with Gasteiger partial charge in [-0.25, -0.2) is 13.2 Å². The summed E-state index contributed by atoms with van der Waals surface area (Å²) < 4.78 is 37.7. The van der Waals surface area contributed by atoms with Crippen LogP contribution in [0.3, 0.4) is 0 Å². The number of aryl methyl sites for hydroxylation is 2. The number of hydrogen-bond donors (Lipinski definition) is 0. The molecule has 172 valence electrons. The number of esters is 2. The number of nitrogens with zero attached hydrogens (tertiary/aromatic N) is 1. The highest BCUT2D eigenvalue weighted by Gasteiger charge is 2.33. The Morgan fingerprint density at radius 2 is 1.66 bits per heavy atom. The van der Waals surface area contributed by atoms with Gasteiger partial charge in [0.05, 0.1) is 23.0 Å². The summed E-state index contributed by atoms with van der Waals surface area (Å²) in [5.41, 5.74) is 3.45. The quantitative estimate of drug-likeness (QED) is 0.588. The minimum Gasteiger partial charge on any atom is -0.462 e. The summed E-state index contributed by atoms with van der Waals surface area (Å²) in [6, 6.07) is 11.7. The van der Waals surface area contributed by atoms with Crippen LogP contribution in [0.15, 0.2) is 47.4 Å². The van der Waals surface area contributed by atoms with Crippen LogP contribution in [-0.4, -0.2) is 44.4 Å². The van der Waals surface area contributed by atoms with Gasteiger partial charge in [0.2, 0.25) is 10.0 Å². The standard InChI is InChI=1S/C24H29NO6S/c1-4-30-23(26)19-7-9-22(10-8-19)32(28,29)25-13-11-20(12-14-25)24(27)31-16-21-15-17(2)5-6-18(21)3/h5-10,15,20H,4,11-14,16H2,1-3H3. The van der Waals surface area contributed by atoms with Crippen molar-refractivity contribution in [2.45, 2.75) is 45.1 Å². The van der Waals surface area contributed by atoms with Crippen molar-refractivity contribution >= 4 is 22.0 Å². The van der Waals surface area contributed by atoms with Gasteiger partial charge in [0.1, 0.15) is 6.61 Å². The van der Waals surface area contributed by atoms with Crippen LogP contribution in [0, 0.1) is 19.8 Å². The molecule has 2 aromatic carbocycles. The SMILES string of the molecule is CCOC(=O)c1ccc(S(=O)(=O)N2CCC(C(=O)OCc3cc(C)ccc3C)CC2)cc1. The smallest absolute Gasteiger partial charge is 0.338 e. The van der Waals surface area contributed by atoms with Crippen LogP contribution in [0.5, 0.6) is 0 Å². The molecular weight excluding hydrogens is 430 g/mol. The first kappa shape index (κ1) is 23.9. The Bertz CT molecular complexity index is 1070. The summed E-state index contributed by atoms with van der Waals surface area (Å²) in [4.78, 5) is 24.4. The van der Waals surface area contributed by atoms with Gasteiger partial charge in [-0.1, -0.05) is 23.8 Å². The van der Waals surface area contributed by atoms with Crippen molar-refractivity contribution in [1.29, 1.82) is 0 Å². The lowest BCUT2D eigenvalue weighted by Gasteiger charge is -2.30. The molecule has 1 saturated heterocycles. The van der Waals surface area contributed by atoms with E-state index in [1.807, 2.05) is 32.0 Å². The Morgan fingerprint density at radius 1 is 1.00 bits per heavy atom. The van der Waals surface area contributed by atoms with E-state index < -0.39 is 16.0 Å². The number of piperidine rings is 1. The molecule has 0 N–H and O–H groups in total. The van der Waals surface area contributed by atoms with Gasteiger partial charge in [0, 0.05) is 13.1 Å². The van der Waals surface area contributed by atoms with Crippen LogP contribution in [0.2, 0.25) is 0 Å². The first-order chi connectivity index (χ1) is 15.2. The molecule has 0 saturated carbocycles. The summed E-state index contributed by atoms with van der Waals surface area (Å²) in [6.07, 6.45) is 0.817. The Balaban J connectivity index is 1.56. The topological polar surface area (TPSA) is 90.0 Å². The Morgan fingerprint density at radius 3 is 2.28 bits per heavy atom. The van der Waals surface area contributed by atoms with Crippen molar-refractivity contribution < 1.29 is 27.5 Å². The normalized spacial score (nSPS) is 15.3. The summed E-state index contributed by atoms with van der Waals surface area (Å²) in [5, 5.41) is 0. The summed E-state index contributed by atoms with van der Waals surface area (Å²) in [6.45, 7) is 6.63. The zero-order valence-electron chi connectivity index (χ0n) is 18.7. The molecule has 0 radical (unpaired) electrons. The fraction of sp³-hybridized carbons (Fsp3) is 0.417. The second-order valence-corrected chi connectivity index (χ2v) is 9.90. The molecule has 3 rings (SSSR count). The second-order valence-electron chi connectivity index (χ2n) is 7.96. The Kier molecular flexibility index (Phi) is 7.69. The maximum atomic E-state index is 12.9. The highest BCUT2D eigenvalue weighted by atomic mass is 32.2. The van der Waals surface area contributed by atoms with E-state index in [1.54, 1.807) is 6.92 Å². The van der Waals surface area contributed by atoms with Crippen LogP contribution >= 0.6 is 0 Å². The largest absolute Gasteiger partial charge is 0.462 e. The van der Waals surface area contributed by atoms with Gasteiger partial charge in [0.25, 0.3) is 0 Å². The predicted octanol–water partition coefficient (Wildman–Crippen LogP) is 3.62. The van der Waals surface area contributed by atoms with Crippen LogP contribution in [0.1, 0.15) is 46.8 Å². The van der Waals surface area contributed by atoms with Crippen molar-refractivity contribution in [1.82, 2.24) is 4.31 Å². The lowest BCUT2D eigenvalue weighted by atomic mass is 9.98. The number of rotatable bonds is 7. The predicted molar refractivity (Wildman–Crippen MR) is 120 cm³/mol. The lowest BCUT2D eigenvalue weighted by molar-refractivity contribution is -0.151. The summed E-state index contributed by atoms with van der Waals surface area (Å²) >= 11 is 0. The fourth-order valence-corrected chi connectivity index (χ4v) is 5.15. The van der Waals surface area contributed by atoms with E-state index in [2.05, 4.69) is 0 Å². The van der Waals surface area contributed by atoms with Crippen molar-refractivity contribution in [2.75, 3.05) is 19.7 Å². The van der Waals surface area contributed by atoms with Crippen molar-refractivity contribution in [3.63, 3.8) is 0 Å². The average Bonchev–Trinajstić information content (AvgIpc) is 2.79. The summed E-state index contributed by atoms with van der Waals surface area (Å²) in [7, 11) is -3.70. The van der Waals surface area contributed by atoms with Gasteiger partial charge < -0.3 is 9.47 Å². The van der Waals surface area contributed by atoms with E-state index in [0.29, 0.717) is 18.4 Å². The molecule has 0 amide bonds. The Hall–Kier alpha value is -2.71. The number of hydrogen-bond acceptors (Lipinski definition) is 6. The molecule has 7 nitrogen and oxygen atoms in total. The van der Waals surface area contributed by atoms with Gasteiger partial charge in [-0.15, -0.1) is 0 Å². The van der Waals surface area contributed by atoms with Gasteiger partial charge in [-0.2, -0.15) is 4.31 Å². The van der Waals surface area contributed by atoms with Crippen molar-refractivity contribution in [2.24, 2.45) is 5.92 Å². The van der Waals surface area contributed by atoms with Crippen molar-refractivity contribution in [3.8, 4) is 0 Å². The number of benzene rings is 2. The molecule has 1 aliphatic rings. The summed E-state index contributed by atoms with van der Waals surface area (Å²) in [5.74, 6) is -1.10. The van der Waals surface area contributed by atoms with E-state index in [9.17, 15) is 18.0 Å². The van der Waals surface area contributed by atoms with Crippen molar-refractivity contribution in [3.05, 3.63) is 64.7 Å².